The van der Waals surface area contributed by atoms with Gasteiger partial charge in [-0.2, -0.15) is 0 Å². The molecule has 0 fully saturated rings. The highest BCUT2D eigenvalue weighted by molar-refractivity contribution is 7.10. The fourth-order valence-corrected chi connectivity index (χ4v) is 4.47. The van der Waals surface area contributed by atoms with Gasteiger partial charge in [0.1, 0.15) is 0 Å². The second-order valence-corrected chi connectivity index (χ2v) is 7.49. The first-order valence-electron chi connectivity index (χ1n) is 7.53. The van der Waals surface area contributed by atoms with Crippen molar-refractivity contribution in [1.82, 2.24) is 4.98 Å². The summed E-state index contributed by atoms with van der Waals surface area (Å²) >= 11 is 2.93. The molecule has 0 aromatic carbocycles. The Morgan fingerprint density at radius 3 is 1.60 bits per heavy atom. The molecule has 0 aliphatic heterocycles. The van der Waals surface area contributed by atoms with Crippen molar-refractivity contribution in [3.05, 3.63) is 88.5 Å². The first-order chi connectivity index (χ1) is 12.0. The molecule has 3 heterocycles. The molecule has 2 unspecified atom stereocenters. The van der Waals surface area contributed by atoms with Crippen molar-refractivity contribution in [3.8, 4) is 0 Å². The molecule has 0 aliphatic rings. The van der Waals surface area contributed by atoms with Crippen LogP contribution in [0.1, 0.15) is 33.0 Å². The summed E-state index contributed by atoms with van der Waals surface area (Å²) in [5.74, 6) is -0.772. The lowest BCUT2D eigenvalue weighted by atomic mass is 10.0. The molecule has 1 N–H and O–H groups in total. The van der Waals surface area contributed by atoms with E-state index >= 15 is 0 Å². The Bertz CT molecular complexity index is 774. The van der Waals surface area contributed by atoms with Crippen LogP contribution < -0.4 is 0 Å². The van der Waals surface area contributed by atoms with Crippen molar-refractivity contribution in [2.45, 2.75) is 11.8 Å². The van der Waals surface area contributed by atoms with Crippen LogP contribution in [0.5, 0.6) is 0 Å². The van der Waals surface area contributed by atoms with Gasteiger partial charge in [0.25, 0.3) is 0 Å². The summed E-state index contributed by atoms with van der Waals surface area (Å²) in [6.45, 7) is -0.446. The summed E-state index contributed by atoms with van der Waals surface area (Å²) in [5, 5.41) is 25.9. The minimum absolute atomic E-state index is 0.223. The molecule has 130 valence electrons. The van der Waals surface area contributed by atoms with Crippen LogP contribution in [-0.4, -0.2) is 27.9 Å². The third-order valence-electron chi connectivity index (χ3n) is 3.92. The van der Waals surface area contributed by atoms with Gasteiger partial charge in [0.15, 0.2) is 0 Å². The monoisotopic (exact) mass is 377 g/mol. The molecular weight excluding hydrogens is 362 g/mol. The summed E-state index contributed by atoms with van der Waals surface area (Å²) in [6, 6.07) is 11.0. The van der Waals surface area contributed by atoms with E-state index in [-0.39, 0.29) is 34.8 Å². The molecular formula is C16H15N3O4S2. The third kappa shape index (κ3) is 4.12. The predicted octanol–water partition coefficient (Wildman–Crippen LogP) is 3.95. The van der Waals surface area contributed by atoms with Crippen LogP contribution in [0.25, 0.3) is 0 Å². The topological polar surface area (TPSA) is 102 Å². The number of nitrogens with zero attached hydrogens (tertiary/aromatic N) is 2. The molecule has 7 nitrogen and oxygen atoms in total. The summed E-state index contributed by atoms with van der Waals surface area (Å²) in [4.78, 5) is 26.4. The number of aromatic amines is 1. The number of hydrogen-bond acceptors (Lipinski definition) is 6. The molecule has 0 bridgehead atoms. The van der Waals surface area contributed by atoms with Crippen LogP contribution in [0.15, 0.2) is 47.2 Å². The maximum absolute atomic E-state index is 11.1. The van der Waals surface area contributed by atoms with E-state index in [2.05, 4.69) is 4.98 Å². The van der Waals surface area contributed by atoms with Gasteiger partial charge >= 0.3 is 0 Å². The second-order valence-electron chi connectivity index (χ2n) is 5.54. The minimum atomic E-state index is -0.386. The Kier molecular flexibility index (Phi) is 5.25. The van der Waals surface area contributed by atoms with Crippen LogP contribution in [0.3, 0.4) is 0 Å². The second kappa shape index (κ2) is 7.58. The van der Waals surface area contributed by atoms with Crippen molar-refractivity contribution in [2.75, 3.05) is 13.1 Å². The normalized spacial score (nSPS) is 13.4. The first-order valence-corrected chi connectivity index (χ1v) is 9.29. The Labute approximate surface area is 151 Å². The molecule has 3 aromatic rings. The van der Waals surface area contributed by atoms with Gasteiger partial charge in [-0.05, 0) is 35.0 Å². The lowest BCUT2D eigenvalue weighted by Crippen LogP contribution is -2.15. The molecule has 0 saturated carbocycles. The van der Waals surface area contributed by atoms with Gasteiger partial charge in [-0.1, -0.05) is 12.1 Å². The molecule has 0 aliphatic carbocycles. The Morgan fingerprint density at radius 1 is 0.840 bits per heavy atom. The number of thiophene rings is 2. The lowest BCUT2D eigenvalue weighted by molar-refractivity contribution is -0.482. The average Bonchev–Trinajstić information content (AvgIpc) is 3.32. The van der Waals surface area contributed by atoms with E-state index in [1.165, 1.54) is 22.7 Å². The number of nitrogens with one attached hydrogen (secondary N) is 1. The zero-order valence-electron chi connectivity index (χ0n) is 13.0. The van der Waals surface area contributed by atoms with Gasteiger partial charge in [0, 0.05) is 31.0 Å². The van der Waals surface area contributed by atoms with Crippen LogP contribution in [0, 0.1) is 20.2 Å². The summed E-state index contributed by atoms with van der Waals surface area (Å²) in [6.07, 6.45) is 0. The lowest BCUT2D eigenvalue weighted by Gasteiger charge is -2.12. The Hall–Kier alpha value is -2.52. The highest BCUT2D eigenvalue weighted by Gasteiger charge is 2.27. The maximum atomic E-state index is 11.1. The number of aromatic nitrogens is 1. The van der Waals surface area contributed by atoms with Gasteiger partial charge in [-0.3, -0.25) is 20.2 Å². The zero-order chi connectivity index (χ0) is 17.8. The van der Waals surface area contributed by atoms with Crippen molar-refractivity contribution >= 4 is 22.7 Å². The molecule has 0 amide bonds. The fraction of sp³-hybridized carbons (Fsp3) is 0.250. The number of rotatable bonds is 8. The standard InChI is InChI=1S/C16H15N3O4S2/c20-18(21)9-11(15-3-1-7-24-15)13-5-6-14(17-13)12(10-19(22)23)16-4-2-8-25-16/h1-8,11-12,17H,9-10H2. The molecule has 0 spiro atoms. The van der Waals surface area contributed by atoms with Crippen LogP contribution in [0.4, 0.5) is 0 Å². The van der Waals surface area contributed by atoms with Crippen molar-refractivity contribution in [2.24, 2.45) is 0 Å². The summed E-state index contributed by atoms with van der Waals surface area (Å²) < 4.78 is 0. The average molecular weight is 377 g/mol. The van der Waals surface area contributed by atoms with E-state index in [0.717, 1.165) is 9.75 Å². The van der Waals surface area contributed by atoms with Crippen LogP contribution in [-0.2, 0) is 0 Å². The van der Waals surface area contributed by atoms with Crippen LogP contribution >= 0.6 is 22.7 Å². The van der Waals surface area contributed by atoms with E-state index in [4.69, 9.17) is 0 Å². The third-order valence-corrected chi connectivity index (χ3v) is 5.89. The molecule has 2 atom stereocenters. The van der Waals surface area contributed by atoms with E-state index in [9.17, 15) is 20.2 Å². The zero-order valence-corrected chi connectivity index (χ0v) is 14.7. The number of H-pyrrole nitrogens is 1. The van der Waals surface area contributed by atoms with Crippen LogP contribution in [0.2, 0.25) is 0 Å². The molecule has 0 saturated heterocycles. The largest absolute Gasteiger partial charge is 0.361 e. The van der Waals surface area contributed by atoms with Crippen molar-refractivity contribution in [3.63, 3.8) is 0 Å². The maximum Gasteiger partial charge on any atom is 0.216 e. The number of nitro groups is 2. The first kappa shape index (κ1) is 17.3. The molecule has 0 radical (unpaired) electrons. The van der Waals surface area contributed by atoms with Gasteiger partial charge in [-0.25, -0.2) is 0 Å². The fourth-order valence-electron chi connectivity index (χ4n) is 2.80. The van der Waals surface area contributed by atoms with Crippen molar-refractivity contribution < 1.29 is 9.85 Å². The minimum Gasteiger partial charge on any atom is -0.361 e. The summed E-state index contributed by atoms with van der Waals surface area (Å²) in [5.41, 5.74) is 1.41. The van der Waals surface area contributed by atoms with E-state index in [0.29, 0.717) is 11.4 Å². The van der Waals surface area contributed by atoms with E-state index in [1.807, 2.05) is 35.0 Å². The quantitative estimate of drug-likeness (QED) is 0.474. The molecule has 25 heavy (non-hydrogen) atoms. The Morgan fingerprint density at radius 2 is 1.28 bits per heavy atom. The molecule has 9 heteroatoms. The molecule has 3 rings (SSSR count). The highest BCUT2D eigenvalue weighted by Crippen LogP contribution is 2.32. The van der Waals surface area contributed by atoms with Gasteiger partial charge in [0.2, 0.25) is 13.1 Å². The van der Waals surface area contributed by atoms with E-state index in [1.54, 1.807) is 12.1 Å². The number of hydrogen-bond donors (Lipinski definition) is 1. The Balaban J connectivity index is 1.93. The molecule has 3 aromatic heterocycles. The SMILES string of the molecule is O=[N+]([O-])CC(c1ccc(C(C[N+](=O)[O-])c2cccs2)[nH]1)c1cccs1. The van der Waals surface area contributed by atoms with E-state index < -0.39 is 0 Å². The van der Waals surface area contributed by atoms with Gasteiger partial charge < -0.3 is 4.98 Å². The van der Waals surface area contributed by atoms with Crippen molar-refractivity contribution in [1.29, 1.82) is 0 Å². The highest BCUT2D eigenvalue weighted by atomic mass is 32.1. The summed E-state index contributed by atoms with van der Waals surface area (Å²) in [7, 11) is 0. The van der Waals surface area contributed by atoms with Gasteiger partial charge in [0.05, 0.1) is 11.8 Å². The predicted molar refractivity (Wildman–Crippen MR) is 96.8 cm³/mol. The van der Waals surface area contributed by atoms with Gasteiger partial charge in [-0.15, -0.1) is 22.7 Å². The smallest absolute Gasteiger partial charge is 0.216 e.